The van der Waals surface area contributed by atoms with Gasteiger partial charge in [-0.25, -0.2) is 0 Å². The summed E-state index contributed by atoms with van der Waals surface area (Å²) in [6, 6.07) is 10.3. The number of benzene rings is 2. The van der Waals surface area contributed by atoms with Gasteiger partial charge in [0.25, 0.3) is 11.8 Å². The molecule has 2 rings (SSSR count). The summed E-state index contributed by atoms with van der Waals surface area (Å²) in [5.74, 6) is 0.197. The third-order valence-corrected chi connectivity index (χ3v) is 4.34. The number of aryl methyl sites for hydroxylation is 2. The number of anilines is 1. The summed E-state index contributed by atoms with van der Waals surface area (Å²) in [6.45, 7) is 6.30. The monoisotopic (exact) mass is 374 g/mol. The summed E-state index contributed by atoms with van der Waals surface area (Å²) in [7, 11) is 0. The highest BCUT2D eigenvalue weighted by Gasteiger charge is 2.08. The highest BCUT2D eigenvalue weighted by Crippen LogP contribution is 2.25. The molecule has 0 saturated carbocycles. The van der Waals surface area contributed by atoms with Crippen LogP contribution in [0.15, 0.2) is 36.4 Å². The summed E-state index contributed by atoms with van der Waals surface area (Å²) in [5.41, 5.74) is 2.96. The minimum absolute atomic E-state index is 0.112. The molecule has 0 aliphatic heterocycles. The van der Waals surface area contributed by atoms with Gasteiger partial charge in [0.15, 0.2) is 6.61 Å². The van der Waals surface area contributed by atoms with E-state index in [2.05, 4.69) is 10.6 Å². The summed E-state index contributed by atoms with van der Waals surface area (Å²) >= 11 is 6.12. The molecule has 2 amide bonds. The first-order chi connectivity index (χ1) is 12.4. The molecule has 0 fully saturated rings. The Hall–Kier alpha value is -2.53. The van der Waals surface area contributed by atoms with Crippen LogP contribution in [0.3, 0.4) is 0 Å². The van der Waals surface area contributed by atoms with E-state index < -0.39 is 0 Å². The number of halogens is 1. The molecule has 2 aromatic carbocycles. The van der Waals surface area contributed by atoms with E-state index in [0.29, 0.717) is 28.6 Å². The van der Waals surface area contributed by atoms with E-state index in [1.165, 1.54) is 0 Å². The average Bonchev–Trinajstić information content (AvgIpc) is 2.63. The van der Waals surface area contributed by atoms with Gasteiger partial charge in [-0.2, -0.15) is 0 Å². The molecule has 0 aromatic heterocycles. The van der Waals surface area contributed by atoms with Crippen LogP contribution in [0.2, 0.25) is 5.02 Å². The molecule has 2 aromatic rings. The number of hydrogen-bond acceptors (Lipinski definition) is 3. The summed E-state index contributed by atoms with van der Waals surface area (Å²) in [5, 5.41) is 6.24. The van der Waals surface area contributed by atoms with Crippen molar-refractivity contribution in [1.82, 2.24) is 5.32 Å². The molecule has 26 heavy (non-hydrogen) atoms. The Morgan fingerprint density at radius 3 is 2.27 bits per heavy atom. The van der Waals surface area contributed by atoms with Crippen LogP contribution in [0, 0.1) is 13.8 Å². The van der Waals surface area contributed by atoms with Crippen LogP contribution < -0.4 is 15.4 Å². The van der Waals surface area contributed by atoms with Crippen molar-refractivity contribution in [3.8, 4) is 5.75 Å². The fourth-order valence-corrected chi connectivity index (χ4v) is 2.49. The summed E-state index contributed by atoms with van der Waals surface area (Å²) < 4.78 is 5.53. The molecule has 6 heteroatoms. The van der Waals surface area contributed by atoms with Gasteiger partial charge in [0, 0.05) is 22.8 Å². The van der Waals surface area contributed by atoms with Crippen LogP contribution in [0.5, 0.6) is 5.75 Å². The Kier molecular flexibility index (Phi) is 7.04. The standard InChI is InChI=1S/C20H23ClN2O3/c1-4-9-22-20(25)15-5-7-16(8-6-15)23-18(24)12-26-17-10-13(2)19(21)14(3)11-17/h5-8,10-11H,4,9,12H2,1-3H3,(H,22,25)(H,23,24). The van der Waals surface area contributed by atoms with Crippen molar-refractivity contribution < 1.29 is 14.3 Å². The lowest BCUT2D eigenvalue weighted by Gasteiger charge is -2.11. The van der Waals surface area contributed by atoms with Gasteiger partial charge in [-0.3, -0.25) is 9.59 Å². The normalized spacial score (nSPS) is 10.3. The zero-order chi connectivity index (χ0) is 19.1. The van der Waals surface area contributed by atoms with Gasteiger partial charge in [0.1, 0.15) is 5.75 Å². The molecule has 0 aliphatic rings. The highest BCUT2D eigenvalue weighted by atomic mass is 35.5. The largest absolute Gasteiger partial charge is 0.484 e. The van der Waals surface area contributed by atoms with Gasteiger partial charge < -0.3 is 15.4 Å². The van der Waals surface area contributed by atoms with Gasteiger partial charge in [-0.05, 0) is 67.8 Å². The minimum atomic E-state index is -0.279. The molecular formula is C20H23ClN2O3. The number of carbonyl (C=O) groups excluding carboxylic acids is 2. The van der Waals surface area contributed by atoms with Crippen LogP contribution in [0.1, 0.15) is 34.8 Å². The maximum atomic E-state index is 12.0. The predicted octanol–water partition coefficient (Wildman–Crippen LogP) is 4.11. The lowest BCUT2D eigenvalue weighted by atomic mass is 10.1. The van der Waals surface area contributed by atoms with E-state index in [1.54, 1.807) is 36.4 Å². The molecule has 0 heterocycles. The second kappa shape index (κ2) is 9.25. The van der Waals surface area contributed by atoms with Crippen molar-refractivity contribution in [2.45, 2.75) is 27.2 Å². The first-order valence-electron chi connectivity index (χ1n) is 8.48. The topological polar surface area (TPSA) is 67.4 Å². The van der Waals surface area contributed by atoms with E-state index in [4.69, 9.17) is 16.3 Å². The van der Waals surface area contributed by atoms with Crippen molar-refractivity contribution in [3.05, 3.63) is 58.1 Å². The molecule has 138 valence electrons. The lowest BCUT2D eigenvalue weighted by Crippen LogP contribution is -2.24. The number of rotatable bonds is 7. The van der Waals surface area contributed by atoms with Crippen molar-refractivity contribution >= 4 is 29.1 Å². The van der Waals surface area contributed by atoms with Crippen molar-refractivity contribution in [3.63, 3.8) is 0 Å². The molecule has 0 saturated heterocycles. The Balaban J connectivity index is 1.89. The SMILES string of the molecule is CCCNC(=O)c1ccc(NC(=O)COc2cc(C)c(Cl)c(C)c2)cc1. The van der Waals surface area contributed by atoms with Gasteiger partial charge >= 0.3 is 0 Å². The Labute approximate surface area is 158 Å². The summed E-state index contributed by atoms with van der Waals surface area (Å²) in [4.78, 5) is 23.9. The Bertz CT molecular complexity index is 765. The maximum absolute atomic E-state index is 12.0. The van der Waals surface area contributed by atoms with Crippen LogP contribution >= 0.6 is 11.6 Å². The van der Waals surface area contributed by atoms with E-state index in [9.17, 15) is 9.59 Å². The van der Waals surface area contributed by atoms with Crippen molar-refractivity contribution in [1.29, 1.82) is 0 Å². The van der Waals surface area contributed by atoms with Crippen LogP contribution in [-0.2, 0) is 4.79 Å². The fraction of sp³-hybridized carbons (Fsp3) is 0.300. The van der Waals surface area contributed by atoms with E-state index >= 15 is 0 Å². The second-order valence-corrected chi connectivity index (χ2v) is 6.42. The van der Waals surface area contributed by atoms with Crippen LogP contribution in [-0.4, -0.2) is 25.0 Å². The lowest BCUT2D eigenvalue weighted by molar-refractivity contribution is -0.118. The van der Waals surface area contributed by atoms with Gasteiger partial charge in [-0.1, -0.05) is 18.5 Å². The third-order valence-electron chi connectivity index (χ3n) is 3.75. The number of amides is 2. The molecule has 0 bridgehead atoms. The predicted molar refractivity (Wildman–Crippen MR) is 104 cm³/mol. The molecule has 0 atom stereocenters. The summed E-state index contributed by atoms with van der Waals surface area (Å²) in [6.07, 6.45) is 0.881. The molecule has 5 nitrogen and oxygen atoms in total. The van der Waals surface area contributed by atoms with Gasteiger partial charge in [0.2, 0.25) is 0 Å². The van der Waals surface area contributed by atoms with Crippen LogP contribution in [0.4, 0.5) is 5.69 Å². The molecule has 0 aliphatic carbocycles. The molecular weight excluding hydrogens is 352 g/mol. The van der Waals surface area contributed by atoms with Gasteiger partial charge in [0.05, 0.1) is 0 Å². The number of hydrogen-bond donors (Lipinski definition) is 2. The number of ether oxygens (including phenoxy) is 1. The number of nitrogens with one attached hydrogen (secondary N) is 2. The smallest absolute Gasteiger partial charge is 0.262 e. The quantitative estimate of drug-likeness (QED) is 0.766. The number of carbonyl (C=O) groups is 2. The molecule has 0 radical (unpaired) electrons. The molecule has 0 spiro atoms. The Morgan fingerprint density at radius 1 is 1.08 bits per heavy atom. The van der Waals surface area contributed by atoms with E-state index in [-0.39, 0.29) is 18.4 Å². The first kappa shape index (κ1) is 19.8. The Morgan fingerprint density at radius 2 is 1.69 bits per heavy atom. The fourth-order valence-electron chi connectivity index (χ4n) is 2.38. The highest BCUT2D eigenvalue weighted by molar-refractivity contribution is 6.32. The zero-order valence-electron chi connectivity index (χ0n) is 15.2. The second-order valence-electron chi connectivity index (χ2n) is 6.04. The minimum Gasteiger partial charge on any atom is -0.484 e. The van der Waals surface area contributed by atoms with Crippen molar-refractivity contribution in [2.75, 3.05) is 18.5 Å². The third kappa shape index (κ3) is 5.49. The first-order valence-corrected chi connectivity index (χ1v) is 8.86. The molecule has 2 N–H and O–H groups in total. The van der Waals surface area contributed by atoms with Crippen molar-refractivity contribution in [2.24, 2.45) is 0 Å². The van der Waals surface area contributed by atoms with Crippen LogP contribution in [0.25, 0.3) is 0 Å². The zero-order valence-corrected chi connectivity index (χ0v) is 15.9. The van der Waals surface area contributed by atoms with E-state index in [0.717, 1.165) is 17.5 Å². The maximum Gasteiger partial charge on any atom is 0.262 e. The molecule has 0 unspecified atom stereocenters. The average molecular weight is 375 g/mol. The van der Waals surface area contributed by atoms with E-state index in [1.807, 2.05) is 20.8 Å². The van der Waals surface area contributed by atoms with Gasteiger partial charge in [-0.15, -0.1) is 0 Å².